The van der Waals surface area contributed by atoms with Gasteiger partial charge in [-0.3, -0.25) is 9.69 Å². The molecule has 18 heavy (non-hydrogen) atoms. The highest BCUT2D eigenvalue weighted by Gasteiger charge is 2.29. The fraction of sp³-hybridized carbons (Fsp3) is 0.538. The fourth-order valence-electron chi connectivity index (χ4n) is 2.27. The topological polar surface area (TPSA) is 54.5 Å². The second-order valence-electron chi connectivity index (χ2n) is 4.37. The molecule has 98 valence electrons. The van der Waals surface area contributed by atoms with E-state index in [1.54, 1.807) is 13.3 Å². The lowest BCUT2D eigenvalue weighted by molar-refractivity contribution is -0.123. The summed E-state index contributed by atoms with van der Waals surface area (Å²) in [6.07, 6.45) is 2.62. The molecule has 5 nitrogen and oxygen atoms in total. The van der Waals surface area contributed by atoms with Crippen LogP contribution in [0.3, 0.4) is 0 Å². The Morgan fingerprint density at radius 2 is 2.44 bits per heavy atom. The van der Waals surface area contributed by atoms with Crippen molar-refractivity contribution in [3.63, 3.8) is 0 Å². The predicted molar refractivity (Wildman–Crippen MR) is 68.3 cm³/mol. The van der Waals surface area contributed by atoms with Crippen molar-refractivity contribution >= 4 is 5.91 Å². The van der Waals surface area contributed by atoms with Crippen LogP contribution in [-0.2, 0) is 11.3 Å². The van der Waals surface area contributed by atoms with Crippen LogP contribution in [0.25, 0.3) is 0 Å². The molecule has 5 heteroatoms. The molecule has 0 saturated carbocycles. The highest BCUT2D eigenvalue weighted by Crippen LogP contribution is 2.16. The van der Waals surface area contributed by atoms with E-state index in [0.29, 0.717) is 5.88 Å². The summed E-state index contributed by atoms with van der Waals surface area (Å²) in [6.45, 7) is 4.44. The Morgan fingerprint density at radius 1 is 1.61 bits per heavy atom. The molecule has 2 heterocycles. The number of hydrogen-bond donors (Lipinski definition) is 1. The number of pyridine rings is 1. The average Bonchev–Trinajstić information content (AvgIpc) is 2.82. The lowest BCUT2D eigenvalue weighted by atomic mass is 10.1. The van der Waals surface area contributed by atoms with Crippen LogP contribution in [0.5, 0.6) is 5.88 Å². The van der Waals surface area contributed by atoms with Gasteiger partial charge in [0.05, 0.1) is 13.2 Å². The Kier molecular flexibility index (Phi) is 4.15. The number of likely N-dealkylation sites (N-methyl/N-ethyl adjacent to an activating group) is 1. The van der Waals surface area contributed by atoms with E-state index in [4.69, 9.17) is 4.74 Å². The summed E-state index contributed by atoms with van der Waals surface area (Å²) in [5.74, 6) is 0.747. The Hall–Kier alpha value is -1.62. The maximum atomic E-state index is 11.7. The van der Waals surface area contributed by atoms with Crippen LogP contribution >= 0.6 is 0 Å². The van der Waals surface area contributed by atoms with Crippen LogP contribution < -0.4 is 10.1 Å². The number of rotatable bonds is 5. The van der Waals surface area contributed by atoms with Gasteiger partial charge in [0, 0.05) is 25.4 Å². The van der Waals surface area contributed by atoms with Crippen molar-refractivity contribution in [2.45, 2.75) is 25.9 Å². The zero-order valence-electron chi connectivity index (χ0n) is 10.8. The molecule has 1 aliphatic rings. The summed E-state index contributed by atoms with van der Waals surface area (Å²) >= 11 is 0. The molecule has 1 aromatic heterocycles. The van der Waals surface area contributed by atoms with Gasteiger partial charge in [0.15, 0.2) is 0 Å². The first-order valence-electron chi connectivity index (χ1n) is 6.25. The Bertz CT molecular complexity index is 422. The first kappa shape index (κ1) is 12.8. The molecule has 0 spiro atoms. The molecule has 1 N–H and O–H groups in total. The molecule has 0 aliphatic carbocycles. The van der Waals surface area contributed by atoms with Gasteiger partial charge < -0.3 is 10.1 Å². The summed E-state index contributed by atoms with van der Waals surface area (Å²) < 4.78 is 5.11. The van der Waals surface area contributed by atoms with Gasteiger partial charge in [-0.05, 0) is 24.6 Å². The minimum atomic E-state index is -0.00541. The largest absolute Gasteiger partial charge is 0.481 e. The molecule has 1 fully saturated rings. The normalized spacial score (nSPS) is 19.1. The van der Waals surface area contributed by atoms with E-state index < -0.39 is 0 Å². The standard InChI is InChI=1S/C13H19N3O2/c1-3-16(11-5-7-15-13(11)17)9-10-4-6-14-12(8-10)18-2/h4,6,8,11H,3,5,7,9H2,1-2H3,(H,15,17). The molecule has 1 amide bonds. The maximum absolute atomic E-state index is 11.7. The van der Waals surface area contributed by atoms with Gasteiger partial charge in [-0.1, -0.05) is 6.92 Å². The number of nitrogens with one attached hydrogen (secondary N) is 1. The Balaban J connectivity index is 2.07. The number of aromatic nitrogens is 1. The molecule has 1 aliphatic heterocycles. The van der Waals surface area contributed by atoms with E-state index in [9.17, 15) is 4.79 Å². The monoisotopic (exact) mass is 249 g/mol. The number of carbonyl (C=O) groups is 1. The van der Waals surface area contributed by atoms with Crippen LogP contribution in [0.1, 0.15) is 18.9 Å². The lowest BCUT2D eigenvalue weighted by Crippen LogP contribution is -2.40. The number of nitrogens with zero attached hydrogens (tertiary/aromatic N) is 2. The van der Waals surface area contributed by atoms with Crippen molar-refractivity contribution in [2.75, 3.05) is 20.2 Å². The second kappa shape index (κ2) is 5.82. The molecular weight excluding hydrogens is 230 g/mol. The van der Waals surface area contributed by atoms with Crippen molar-refractivity contribution in [3.05, 3.63) is 23.9 Å². The van der Waals surface area contributed by atoms with Gasteiger partial charge in [0.1, 0.15) is 0 Å². The van der Waals surface area contributed by atoms with E-state index in [-0.39, 0.29) is 11.9 Å². The zero-order valence-corrected chi connectivity index (χ0v) is 10.8. The van der Waals surface area contributed by atoms with E-state index in [0.717, 1.165) is 31.6 Å². The quantitative estimate of drug-likeness (QED) is 0.838. The lowest BCUT2D eigenvalue weighted by Gasteiger charge is -2.25. The number of methoxy groups -OCH3 is 1. The molecular formula is C13H19N3O2. The SMILES string of the molecule is CCN(Cc1ccnc(OC)c1)C1CCNC1=O. The van der Waals surface area contributed by atoms with E-state index >= 15 is 0 Å². The van der Waals surface area contributed by atoms with Gasteiger partial charge in [-0.15, -0.1) is 0 Å². The summed E-state index contributed by atoms with van der Waals surface area (Å²) in [6, 6.07) is 3.86. The van der Waals surface area contributed by atoms with Gasteiger partial charge >= 0.3 is 0 Å². The number of carbonyl (C=O) groups excluding carboxylic acids is 1. The van der Waals surface area contributed by atoms with E-state index in [1.807, 2.05) is 12.1 Å². The van der Waals surface area contributed by atoms with Crippen molar-refractivity contribution in [1.82, 2.24) is 15.2 Å². The third-order valence-corrected chi connectivity index (χ3v) is 3.26. The van der Waals surface area contributed by atoms with Gasteiger partial charge in [0.2, 0.25) is 11.8 Å². The van der Waals surface area contributed by atoms with E-state index in [2.05, 4.69) is 22.1 Å². The molecule has 1 unspecified atom stereocenters. The first-order valence-corrected chi connectivity index (χ1v) is 6.25. The first-order chi connectivity index (χ1) is 8.74. The predicted octanol–water partition coefficient (Wildman–Crippen LogP) is 0.801. The molecule has 2 rings (SSSR count). The maximum Gasteiger partial charge on any atom is 0.237 e. The number of ether oxygens (including phenoxy) is 1. The highest BCUT2D eigenvalue weighted by atomic mass is 16.5. The minimum Gasteiger partial charge on any atom is -0.481 e. The van der Waals surface area contributed by atoms with E-state index in [1.165, 1.54) is 0 Å². The average molecular weight is 249 g/mol. The Morgan fingerprint density at radius 3 is 3.06 bits per heavy atom. The van der Waals surface area contributed by atoms with Gasteiger partial charge in [-0.2, -0.15) is 0 Å². The summed E-state index contributed by atoms with van der Waals surface area (Å²) in [7, 11) is 1.61. The van der Waals surface area contributed by atoms with Crippen LogP contribution in [0, 0.1) is 0 Å². The third-order valence-electron chi connectivity index (χ3n) is 3.26. The zero-order chi connectivity index (χ0) is 13.0. The number of hydrogen-bond acceptors (Lipinski definition) is 4. The van der Waals surface area contributed by atoms with Crippen molar-refractivity contribution in [1.29, 1.82) is 0 Å². The fourth-order valence-corrected chi connectivity index (χ4v) is 2.27. The van der Waals surface area contributed by atoms with Gasteiger partial charge in [0.25, 0.3) is 0 Å². The summed E-state index contributed by atoms with van der Waals surface area (Å²) in [4.78, 5) is 18.0. The van der Waals surface area contributed by atoms with Gasteiger partial charge in [-0.25, -0.2) is 4.98 Å². The summed E-state index contributed by atoms with van der Waals surface area (Å²) in [5, 5.41) is 2.88. The molecule has 0 radical (unpaired) electrons. The molecule has 0 bridgehead atoms. The minimum absolute atomic E-state index is 0.00541. The van der Waals surface area contributed by atoms with Crippen molar-refractivity contribution in [3.8, 4) is 5.88 Å². The Labute approximate surface area is 107 Å². The van der Waals surface area contributed by atoms with Crippen LogP contribution in [0.15, 0.2) is 18.3 Å². The molecule has 1 saturated heterocycles. The van der Waals surface area contributed by atoms with Crippen molar-refractivity contribution in [2.24, 2.45) is 0 Å². The third kappa shape index (κ3) is 2.79. The molecule has 1 aromatic rings. The number of amides is 1. The smallest absolute Gasteiger partial charge is 0.237 e. The summed E-state index contributed by atoms with van der Waals surface area (Å²) in [5.41, 5.74) is 1.11. The highest BCUT2D eigenvalue weighted by molar-refractivity contribution is 5.83. The molecule has 1 atom stereocenters. The van der Waals surface area contributed by atoms with Crippen molar-refractivity contribution < 1.29 is 9.53 Å². The van der Waals surface area contributed by atoms with Crippen LogP contribution in [-0.4, -0.2) is 42.0 Å². The van der Waals surface area contributed by atoms with Crippen LogP contribution in [0.4, 0.5) is 0 Å². The second-order valence-corrected chi connectivity index (χ2v) is 4.37. The molecule has 0 aromatic carbocycles. The van der Waals surface area contributed by atoms with Crippen LogP contribution in [0.2, 0.25) is 0 Å².